The lowest BCUT2D eigenvalue weighted by atomic mass is 9.98. The monoisotopic (exact) mass is 374 g/mol. The van der Waals surface area contributed by atoms with E-state index in [1.54, 1.807) is 29.3 Å². The lowest BCUT2D eigenvalue weighted by Crippen LogP contribution is -2.21. The molecular weight excluding hydrogens is 355 g/mol. The molecule has 1 aliphatic heterocycles. The summed E-state index contributed by atoms with van der Waals surface area (Å²) in [4.78, 5) is 15.8. The van der Waals surface area contributed by atoms with Gasteiger partial charge in [0, 0.05) is 44.0 Å². The van der Waals surface area contributed by atoms with Crippen LogP contribution in [0, 0.1) is 5.82 Å². The predicted molar refractivity (Wildman–Crippen MR) is 106 cm³/mol. The summed E-state index contributed by atoms with van der Waals surface area (Å²) in [6.07, 6.45) is 6.15. The minimum atomic E-state index is -0.138. The van der Waals surface area contributed by atoms with Gasteiger partial charge >= 0.3 is 0 Å². The highest BCUT2D eigenvalue weighted by Gasteiger charge is 2.29. The second-order valence-corrected chi connectivity index (χ2v) is 7.07. The van der Waals surface area contributed by atoms with E-state index in [1.807, 2.05) is 31.3 Å². The molecule has 1 atom stereocenters. The van der Waals surface area contributed by atoms with Gasteiger partial charge in [0.25, 0.3) is 0 Å². The van der Waals surface area contributed by atoms with E-state index in [0.717, 1.165) is 47.5 Å². The Labute approximate surface area is 161 Å². The summed E-state index contributed by atoms with van der Waals surface area (Å²) >= 11 is 0. The van der Waals surface area contributed by atoms with Crippen molar-refractivity contribution in [3.8, 4) is 11.4 Å². The fourth-order valence-electron chi connectivity index (χ4n) is 3.89. The highest BCUT2D eigenvalue weighted by atomic mass is 19.1. The van der Waals surface area contributed by atoms with Gasteiger partial charge in [0.1, 0.15) is 11.6 Å². The molecule has 1 fully saturated rings. The zero-order valence-corrected chi connectivity index (χ0v) is 15.5. The Morgan fingerprint density at radius 2 is 1.89 bits per heavy atom. The van der Waals surface area contributed by atoms with Crippen LogP contribution in [0.5, 0.6) is 0 Å². The van der Waals surface area contributed by atoms with Gasteiger partial charge in [-0.3, -0.25) is 9.67 Å². The number of anilines is 1. The second-order valence-electron chi connectivity index (χ2n) is 7.07. The van der Waals surface area contributed by atoms with E-state index >= 15 is 0 Å². The molecule has 0 aliphatic carbocycles. The van der Waals surface area contributed by atoms with Crippen molar-refractivity contribution in [2.75, 3.05) is 18.0 Å². The number of nitrogens with zero attached hydrogens (tertiary/aromatic N) is 6. The average Bonchev–Trinajstić information content (AvgIpc) is 3.36. The molecule has 1 aromatic carbocycles. The van der Waals surface area contributed by atoms with E-state index < -0.39 is 0 Å². The third kappa shape index (κ3) is 2.79. The average molecular weight is 374 g/mol. The standard InChI is InChI=1S/C21H19FN6/c1-27-20-17(12-24-27)21(26-19(25-20)14-6-9-23-10-7-14)28-11-8-15(13-28)16-4-2-3-5-18(16)22/h2-7,9-10,12,15H,8,11,13H2,1H3. The Kier molecular flexibility index (Phi) is 4.00. The SMILES string of the molecule is Cn1ncc2c(N3CCC(c4ccccc4F)C3)nc(-c3ccncc3)nc21. The van der Waals surface area contributed by atoms with Crippen LogP contribution in [0.25, 0.3) is 22.4 Å². The Morgan fingerprint density at radius 3 is 2.71 bits per heavy atom. The summed E-state index contributed by atoms with van der Waals surface area (Å²) in [6.45, 7) is 1.54. The van der Waals surface area contributed by atoms with E-state index in [9.17, 15) is 4.39 Å². The van der Waals surface area contributed by atoms with Crippen molar-refractivity contribution in [1.29, 1.82) is 0 Å². The van der Waals surface area contributed by atoms with Gasteiger partial charge in [0.2, 0.25) is 0 Å². The smallest absolute Gasteiger partial charge is 0.164 e. The summed E-state index contributed by atoms with van der Waals surface area (Å²) < 4.78 is 16.0. The number of halogens is 1. The van der Waals surface area contributed by atoms with E-state index in [-0.39, 0.29) is 11.7 Å². The molecular formula is C21H19FN6. The fraction of sp³-hybridized carbons (Fsp3) is 0.238. The molecule has 4 aromatic rings. The molecule has 0 saturated carbocycles. The molecule has 7 heteroatoms. The molecule has 5 rings (SSSR count). The molecule has 3 aromatic heterocycles. The van der Waals surface area contributed by atoms with Gasteiger partial charge in [-0.1, -0.05) is 18.2 Å². The van der Waals surface area contributed by atoms with Crippen LogP contribution in [0.2, 0.25) is 0 Å². The van der Waals surface area contributed by atoms with Gasteiger partial charge in [-0.2, -0.15) is 5.10 Å². The quantitative estimate of drug-likeness (QED) is 0.549. The molecule has 1 aliphatic rings. The third-order valence-electron chi connectivity index (χ3n) is 5.34. The molecule has 1 saturated heterocycles. The third-order valence-corrected chi connectivity index (χ3v) is 5.34. The van der Waals surface area contributed by atoms with Crippen molar-refractivity contribution in [3.05, 3.63) is 66.4 Å². The van der Waals surface area contributed by atoms with Gasteiger partial charge in [-0.05, 0) is 30.2 Å². The van der Waals surface area contributed by atoms with Crippen molar-refractivity contribution in [2.45, 2.75) is 12.3 Å². The first kappa shape index (κ1) is 16.8. The van der Waals surface area contributed by atoms with E-state index in [2.05, 4.69) is 15.0 Å². The van der Waals surface area contributed by atoms with Crippen molar-refractivity contribution in [2.24, 2.45) is 7.05 Å². The maximum atomic E-state index is 14.2. The zero-order chi connectivity index (χ0) is 19.1. The number of aromatic nitrogens is 5. The molecule has 0 spiro atoms. The van der Waals surface area contributed by atoms with Crippen LogP contribution in [0.1, 0.15) is 17.9 Å². The largest absolute Gasteiger partial charge is 0.355 e. The summed E-state index contributed by atoms with van der Waals surface area (Å²) in [5, 5.41) is 5.28. The first-order valence-corrected chi connectivity index (χ1v) is 9.30. The fourth-order valence-corrected chi connectivity index (χ4v) is 3.89. The van der Waals surface area contributed by atoms with Gasteiger partial charge in [0.15, 0.2) is 11.5 Å². The normalized spacial score (nSPS) is 16.8. The lowest BCUT2D eigenvalue weighted by molar-refractivity contribution is 0.589. The number of fused-ring (bicyclic) bond motifs is 1. The van der Waals surface area contributed by atoms with Crippen molar-refractivity contribution >= 4 is 16.9 Å². The topological polar surface area (TPSA) is 59.7 Å². The van der Waals surface area contributed by atoms with Crippen LogP contribution in [-0.2, 0) is 7.05 Å². The van der Waals surface area contributed by atoms with Gasteiger partial charge < -0.3 is 4.90 Å². The van der Waals surface area contributed by atoms with Crippen LogP contribution in [0.3, 0.4) is 0 Å². The van der Waals surface area contributed by atoms with Crippen LogP contribution in [-0.4, -0.2) is 37.8 Å². The van der Waals surface area contributed by atoms with Gasteiger partial charge in [-0.15, -0.1) is 0 Å². The minimum absolute atomic E-state index is 0.138. The molecule has 28 heavy (non-hydrogen) atoms. The van der Waals surface area contributed by atoms with Crippen LogP contribution >= 0.6 is 0 Å². The number of hydrogen-bond donors (Lipinski definition) is 0. The molecule has 0 amide bonds. The molecule has 0 radical (unpaired) electrons. The van der Waals surface area contributed by atoms with Crippen molar-refractivity contribution in [3.63, 3.8) is 0 Å². The minimum Gasteiger partial charge on any atom is -0.355 e. The predicted octanol–water partition coefficient (Wildman–Crippen LogP) is 3.56. The van der Waals surface area contributed by atoms with Crippen LogP contribution in [0.4, 0.5) is 10.2 Å². The zero-order valence-electron chi connectivity index (χ0n) is 15.5. The molecule has 1 unspecified atom stereocenters. The number of hydrogen-bond acceptors (Lipinski definition) is 5. The van der Waals surface area contributed by atoms with E-state index in [4.69, 9.17) is 9.97 Å². The Morgan fingerprint density at radius 1 is 1.07 bits per heavy atom. The molecule has 0 bridgehead atoms. The number of benzene rings is 1. The Bertz CT molecular complexity index is 1140. The maximum Gasteiger partial charge on any atom is 0.164 e. The number of rotatable bonds is 3. The summed E-state index contributed by atoms with van der Waals surface area (Å²) in [5.74, 6) is 1.50. The summed E-state index contributed by atoms with van der Waals surface area (Å²) in [7, 11) is 1.88. The van der Waals surface area contributed by atoms with E-state index in [0.29, 0.717) is 5.82 Å². The maximum absolute atomic E-state index is 14.2. The molecule has 4 heterocycles. The first-order valence-electron chi connectivity index (χ1n) is 9.30. The molecule has 6 nitrogen and oxygen atoms in total. The summed E-state index contributed by atoms with van der Waals surface area (Å²) in [6, 6.07) is 10.8. The molecule has 0 N–H and O–H groups in total. The first-order chi connectivity index (χ1) is 13.7. The highest BCUT2D eigenvalue weighted by molar-refractivity contribution is 5.88. The molecule has 140 valence electrons. The van der Waals surface area contributed by atoms with E-state index in [1.165, 1.54) is 6.07 Å². The van der Waals surface area contributed by atoms with Gasteiger partial charge in [-0.25, -0.2) is 14.4 Å². The van der Waals surface area contributed by atoms with Crippen molar-refractivity contribution < 1.29 is 4.39 Å². The Balaban J connectivity index is 1.56. The summed E-state index contributed by atoms with van der Waals surface area (Å²) in [5.41, 5.74) is 2.46. The van der Waals surface area contributed by atoms with Crippen LogP contribution < -0.4 is 4.90 Å². The highest BCUT2D eigenvalue weighted by Crippen LogP contribution is 2.35. The Hall–Kier alpha value is -3.35. The van der Waals surface area contributed by atoms with Crippen LogP contribution in [0.15, 0.2) is 55.0 Å². The van der Waals surface area contributed by atoms with Gasteiger partial charge in [0.05, 0.1) is 11.6 Å². The second kappa shape index (κ2) is 6.67. The lowest BCUT2D eigenvalue weighted by Gasteiger charge is -2.19. The number of pyridine rings is 1. The number of aryl methyl sites for hydroxylation is 1. The van der Waals surface area contributed by atoms with Crippen molar-refractivity contribution in [1.82, 2.24) is 24.7 Å².